The Morgan fingerprint density at radius 1 is 0.467 bits per heavy atom. The maximum absolute atomic E-state index is 12.9. The topological polar surface area (TPSA) is 231 Å². The van der Waals surface area contributed by atoms with Crippen molar-refractivity contribution in [2.75, 3.05) is 26.4 Å². The molecule has 15 heteroatoms. The van der Waals surface area contributed by atoms with Crippen LogP contribution in [-0.4, -0.2) is 142 Å². The lowest BCUT2D eigenvalue weighted by atomic mass is 9.98. The second kappa shape index (κ2) is 34.0. The van der Waals surface area contributed by atoms with Gasteiger partial charge in [0.05, 0.1) is 19.8 Å². The molecule has 0 aromatic heterocycles. The molecule has 11 unspecified atom stereocenters. The average molecular weight is 865 g/mol. The maximum Gasteiger partial charge on any atom is 0.306 e. The third-order valence-corrected chi connectivity index (χ3v) is 11.6. The summed E-state index contributed by atoms with van der Waals surface area (Å²) < 4.78 is 33.4. The molecular weight excluding hydrogens is 780 g/mol. The normalized spacial score (nSPS) is 27.5. The zero-order chi connectivity index (χ0) is 44.0. The monoisotopic (exact) mass is 865 g/mol. The van der Waals surface area contributed by atoms with Gasteiger partial charge in [0.1, 0.15) is 55.4 Å². The molecule has 60 heavy (non-hydrogen) atoms. The van der Waals surface area contributed by atoms with Crippen LogP contribution in [0.15, 0.2) is 0 Å². The number of unbranched alkanes of at least 4 members (excludes halogenated alkanes) is 22. The molecule has 0 bridgehead atoms. The summed E-state index contributed by atoms with van der Waals surface area (Å²) in [4.78, 5) is 25.5. The number of carbonyl (C=O) groups excluding carboxylic acids is 2. The number of rotatable bonds is 36. The molecule has 2 fully saturated rings. The van der Waals surface area contributed by atoms with Gasteiger partial charge < -0.3 is 64.2 Å². The lowest BCUT2D eigenvalue weighted by Crippen LogP contribution is -2.61. The number of ether oxygens (including phenoxy) is 6. The Morgan fingerprint density at radius 3 is 1.30 bits per heavy atom. The van der Waals surface area contributed by atoms with E-state index in [0.29, 0.717) is 12.8 Å². The highest BCUT2D eigenvalue weighted by Gasteiger charge is 2.47. The van der Waals surface area contributed by atoms with Crippen molar-refractivity contribution < 1.29 is 73.8 Å². The van der Waals surface area contributed by atoms with Crippen molar-refractivity contribution in [2.24, 2.45) is 0 Å². The summed E-state index contributed by atoms with van der Waals surface area (Å²) in [5.41, 5.74) is 0. The highest BCUT2D eigenvalue weighted by Crippen LogP contribution is 2.26. The Labute approximate surface area is 359 Å². The van der Waals surface area contributed by atoms with Crippen molar-refractivity contribution in [3.05, 3.63) is 0 Å². The van der Waals surface area contributed by atoms with Crippen molar-refractivity contribution in [1.29, 1.82) is 0 Å². The fraction of sp³-hybridized carbons (Fsp3) is 0.956. The molecule has 0 radical (unpaired) electrons. The zero-order valence-corrected chi connectivity index (χ0v) is 37.0. The Kier molecular flexibility index (Phi) is 30.9. The fourth-order valence-corrected chi connectivity index (χ4v) is 7.63. The Balaban J connectivity index is 1.80. The molecule has 0 aromatic rings. The molecule has 2 aliphatic rings. The SMILES string of the molecule is CCCCCCCCCCCCCCCCCCCC(=O)OC(COC(=O)CCCCCCCCC)COC1OC(COC2OC(CO)C(O)C(O)C2O)C(O)C(O)C1O. The molecule has 7 N–H and O–H groups in total. The molecule has 15 nitrogen and oxygen atoms in total. The third kappa shape index (κ3) is 22.7. The maximum atomic E-state index is 12.9. The van der Waals surface area contributed by atoms with E-state index in [1.165, 1.54) is 96.3 Å². The summed E-state index contributed by atoms with van der Waals surface area (Å²) in [6, 6.07) is 0. The first-order valence-electron chi connectivity index (χ1n) is 23.6. The van der Waals surface area contributed by atoms with Crippen LogP contribution in [0.3, 0.4) is 0 Å². The molecule has 2 aliphatic heterocycles. The van der Waals surface area contributed by atoms with Crippen molar-refractivity contribution in [1.82, 2.24) is 0 Å². The largest absolute Gasteiger partial charge is 0.462 e. The highest BCUT2D eigenvalue weighted by atomic mass is 16.7. The first kappa shape index (κ1) is 54.6. The predicted octanol–water partition coefficient (Wildman–Crippen LogP) is 5.26. The molecule has 0 aliphatic carbocycles. The molecule has 0 amide bonds. The number of aliphatic hydroxyl groups excluding tert-OH is 7. The molecule has 0 aromatic carbocycles. The number of hydrogen-bond acceptors (Lipinski definition) is 15. The van der Waals surface area contributed by atoms with Crippen LogP contribution >= 0.6 is 0 Å². The van der Waals surface area contributed by atoms with Crippen LogP contribution in [0.25, 0.3) is 0 Å². The van der Waals surface area contributed by atoms with Gasteiger partial charge in [0.2, 0.25) is 0 Å². The van der Waals surface area contributed by atoms with Gasteiger partial charge in [0.25, 0.3) is 0 Å². The van der Waals surface area contributed by atoms with Gasteiger partial charge in [0, 0.05) is 12.8 Å². The van der Waals surface area contributed by atoms with Crippen LogP contribution in [-0.2, 0) is 38.0 Å². The van der Waals surface area contributed by atoms with Crippen molar-refractivity contribution >= 4 is 11.9 Å². The first-order chi connectivity index (χ1) is 29.0. The third-order valence-electron chi connectivity index (χ3n) is 11.6. The van der Waals surface area contributed by atoms with Crippen molar-refractivity contribution in [3.63, 3.8) is 0 Å². The minimum atomic E-state index is -1.76. The smallest absolute Gasteiger partial charge is 0.306 e. The van der Waals surface area contributed by atoms with E-state index in [4.69, 9.17) is 28.4 Å². The zero-order valence-electron chi connectivity index (χ0n) is 37.0. The lowest BCUT2D eigenvalue weighted by Gasteiger charge is -2.42. The Hall–Kier alpha value is -1.50. The van der Waals surface area contributed by atoms with Gasteiger partial charge >= 0.3 is 11.9 Å². The van der Waals surface area contributed by atoms with E-state index in [1.54, 1.807) is 0 Å². The summed E-state index contributed by atoms with van der Waals surface area (Å²) in [5, 5.41) is 71.8. The Bertz CT molecular complexity index is 1070. The van der Waals surface area contributed by atoms with Crippen molar-refractivity contribution in [2.45, 2.75) is 248 Å². The fourth-order valence-electron chi connectivity index (χ4n) is 7.63. The quantitative estimate of drug-likeness (QED) is 0.0315. The van der Waals surface area contributed by atoms with E-state index >= 15 is 0 Å². The average Bonchev–Trinajstić information content (AvgIpc) is 3.24. The van der Waals surface area contributed by atoms with Gasteiger partial charge in [-0.05, 0) is 12.8 Å². The van der Waals surface area contributed by atoms with Crippen LogP contribution in [0, 0.1) is 0 Å². The highest BCUT2D eigenvalue weighted by molar-refractivity contribution is 5.70. The van der Waals surface area contributed by atoms with E-state index in [-0.39, 0.29) is 26.1 Å². The van der Waals surface area contributed by atoms with Gasteiger partial charge in [-0.2, -0.15) is 0 Å². The molecule has 2 saturated heterocycles. The minimum absolute atomic E-state index is 0.173. The van der Waals surface area contributed by atoms with Crippen molar-refractivity contribution in [3.8, 4) is 0 Å². The Morgan fingerprint density at radius 2 is 0.850 bits per heavy atom. The van der Waals surface area contributed by atoms with Gasteiger partial charge in [-0.1, -0.05) is 155 Å². The molecule has 2 heterocycles. The van der Waals surface area contributed by atoms with Gasteiger partial charge in [-0.3, -0.25) is 9.59 Å². The van der Waals surface area contributed by atoms with E-state index in [2.05, 4.69) is 13.8 Å². The summed E-state index contributed by atoms with van der Waals surface area (Å²) in [6.07, 6.45) is 11.7. The molecule has 2 rings (SSSR count). The minimum Gasteiger partial charge on any atom is -0.462 e. The lowest BCUT2D eigenvalue weighted by molar-refractivity contribution is -0.332. The first-order valence-corrected chi connectivity index (χ1v) is 23.6. The summed E-state index contributed by atoms with van der Waals surface area (Å²) in [6.45, 7) is 2.55. The molecule has 0 saturated carbocycles. The number of hydrogen-bond donors (Lipinski definition) is 7. The van der Waals surface area contributed by atoms with E-state index < -0.39 is 92.7 Å². The van der Waals surface area contributed by atoms with Crippen LogP contribution in [0.1, 0.15) is 181 Å². The van der Waals surface area contributed by atoms with Gasteiger partial charge in [-0.25, -0.2) is 0 Å². The van der Waals surface area contributed by atoms with Gasteiger partial charge in [0.15, 0.2) is 18.7 Å². The van der Waals surface area contributed by atoms with Crippen LogP contribution in [0.4, 0.5) is 0 Å². The summed E-state index contributed by atoms with van der Waals surface area (Å²) in [7, 11) is 0. The molecule has 0 spiro atoms. The molecular formula is C45H84O15. The second-order valence-electron chi connectivity index (χ2n) is 17.0. The predicted molar refractivity (Wildman–Crippen MR) is 225 cm³/mol. The van der Waals surface area contributed by atoms with Crippen LogP contribution in [0.2, 0.25) is 0 Å². The summed E-state index contributed by atoms with van der Waals surface area (Å²) in [5.74, 6) is -0.922. The number of carbonyl (C=O) groups is 2. The number of aliphatic hydroxyl groups is 7. The summed E-state index contributed by atoms with van der Waals surface area (Å²) >= 11 is 0. The molecule has 354 valence electrons. The molecule has 11 atom stereocenters. The van der Waals surface area contributed by atoms with Crippen LogP contribution in [0.5, 0.6) is 0 Å². The van der Waals surface area contributed by atoms with Crippen LogP contribution < -0.4 is 0 Å². The van der Waals surface area contributed by atoms with E-state index in [1.807, 2.05) is 0 Å². The van der Waals surface area contributed by atoms with E-state index in [0.717, 1.165) is 44.9 Å². The standard InChI is InChI=1S/C45H84O15/c1-3-5-7-9-11-12-13-14-15-16-17-18-19-20-22-24-26-28-37(48)58-33(30-55-36(47)27-25-23-21-10-8-6-4-2)31-56-44-43(54)41(52)39(50)35(60-44)32-57-45-42(53)40(51)38(49)34(29-46)59-45/h33-35,38-46,49-54H,3-32H2,1-2H3. The number of esters is 2. The second-order valence-corrected chi connectivity index (χ2v) is 17.0. The van der Waals surface area contributed by atoms with Gasteiger partial charge in [-0.15, -0.1) is 0 Å². The van der Waals surface area contributed by atoms with E-state index in [9.17, 15) is 45.3 Å².